The van der Waals surface area contributed by atoms with E-state index in [0.717, 1.165) is 18.6 Å². The monoisotopic (exact) mass is 381 g/mol. The molecule has 4 aliphatic rings. The number of nitrogens with one attached hydrogen (secondary N) is 1. The molecule has 3 heterocycles. The molecule has 2 aliphatic heterocycles. The quantitative estimate of drug-likeness (QED) is 0.856. The van der Waals surface area contributed by atoms with E-state index < -0.39 is 17.4 Å². The van der Waals surface area contributed by atoms with Crippen molar-refractivity contribution >= 4 is 11.8 Å². The second-order valence-electron chi connectivity index (χ2n) is 8.38. The van der Waals surface area contributed by atoms with Crippen LogP contribution < -0.4 is 5.32 Å². The van der Waals surface area contributed by atoms with Gasteiger partial charge in [0.15, 0.2) is 5.69 Å². The summed E-state index contributed by atoms with van der Waals surface area (Å²) < 4.78 is 36.9. The highest BCUT2D eigenvalue weighted by atomic mass is 19.3. The molecular weight excluding hydrogens is 360 g/mol. The summed E-state index contributed by atoms with van der Waals surface area (Å²) in [5.41, 5.74) is -0.615. The van der Waals surface area contributed by atoms with Crippen LogP contribution in [0.2, 0.25) is 0 Å². The number of hydrogen-bond acceptors (Lipinski definition) is 5. The first-order valence-corrected chi connectivity index (χ1v) is 9.39. The average molecular weight is 381 g/mol. The lowest BCUT2D eigenvalue weighted by Crippen LogP contribution is -2.56. The Morgan fingerprint density at radius 2 is 2.07 bits per heavy atom. The van der Waals surface area contributed by atoms with Gasteiger partial charge in [-0.05, 0) is 12.8 Å². The molecule has 7 nitrogen and oxygen atoms in total. The van der Waals surface area contributed by atoms with Gasteiger partial charge in [-0.3, -0.25) is 9.59 Å². The number of nitrogens with zero attached hydrogens (tertiary/aromatic N) is 2. The van der Waals surface area contributed by atoms with Gasteiger partial charge >= 0.3 is 0 Å². The fourth-order valence-corrected chi connectivity index (χ4v) is 4.42. The van der Waals surface area contributed by atoms with Crippen molar-refractivity contribution in [1.82, 2.24) is 15.4 Å². The highest BCUT2D eigenvalue weighted by Crippen LogP contribution is 2.44. The highest BCUT2D eigenvalue weighted by Gasteiger charge is 2.58. The van der Waals surface area contributed by atoms with E-state index in [-0.39, 0.29) is 49.4 Å². The number of hydrogen-bond donors (Lipinski definition) is 1. The van der Waals surface area contributed by atoms with E-state index in [2.05, 4.69) is 10.5 Å². The van der Waals surface area contributed by atoms with Crippen LogP contribution in [0.1, 0.15) is 47.8 Å². The number of carbonyl (C=O) groups excluding carboxylic acids is 2. The van der Waals surface area contributed by atoms with Crippen LogP contribution in [-0.2, 0) is 9.53 Å². The minimum absolute atomic E-state index is 0.142. The van der Waals surface area contributed by atoms with Gasteiger partial charge in [0, 0.05) is 49.9 Å². The van der Waals surface area contributed by atoms with Gasteiger partial charge in [0.25, 0.3) is 11.8 Å². The highest BCUT2D eigenvalue weighted by molar-refractivity contribution is 5.94. The van der Waals surface area contributed by atoms with Gasteiger partial charge in [-0.2, -0.15) is 0 Å². The van der Waals surface area contributed by atoms with Crippen LogP contribution in [0.15, 0.2) is 10.6 Å². The van der Waals surface area contributed by atoms with Crippen molar-refractivity contribution in [2.24, 2.45) is 11.3 Å². The molecule has 1 aromatic heterocycles. The van der Waals surface area contributed by atoms with E-state index in [0.29, 0.717) is 19.1 Å². The fourth-order valence-electron chi connectivity index (χ4n) is 4.42. The molecule has 2 aliphatic carbocycles. The second-order valence-corrected chi connectivity index (χ2v) is 8.38. The first kappa shape index (κ1) is 17.1. The number of ether oxygens (including phenoxy) is 1. The predicted molar refractivity (Wildman–Crippen MR) is 87.2 cm³/mol. The van der Waals surface area contributed by atoms with Crippen LogP contribution in [-0.4, -0.2) is 60.1 Å². The van der Waals surface area contributed by atoms with Gasteiger partial charge in [-0.15, -0.1) is 0 Å². The van der Waals surface area contributed by atoms with Gasteiger partial charge in [0.05, 0.1) is 18.6 Å². The van der Waals surface area contributed by atoms with Gasteiger partial charge in [0.2, 0.25) is 5.91 Å². The maximum Gasteiger partial charge on any atom is 0.276 e. The summed E-state index contributed by atoms with van der Waals surface area (Å²) in [5.74, 6) is -2.29. The molecule has 0 spiro atoms. The molecule has 5 rings (SSSR count). The Morgan fingerprint density at radius 3 is 2.78 bits per heavy atom. The molecule has 146 valence electrons. The Bertz CT molecular complexity index is 785. The number of fused-ring (bicyclic) bond motifs is 1. The molecule has 9 heteroatoms. The number of carbonyl (C=O) groups is 2. The minimum atomic E-state index is -2.69. The van der Waals surface area contributed by atoms with Crippen molar-refractivity contribution in [2.75, 3.05) is 26.3 Å². The van der Waals surface area contributed by atoms with Gasteiger partial charge in [0.1, 0.15) is 5.76 Å². The standard InChI is InChI=1S/C18H21F2N3O4/c19-18(20)4-12(5-18)21-16(25)17-8-23(6-11(17)7-26-9-17)15(24)13-3-14(27-22-13)10-1-2-10/h3,10-12H,1-2,4-9H2,(H,21,25)/t11-,17-/m1/s1. The van der Waals surface area contributed by atoms with E-state index in [1.807, 2.05) is 0 Å². The Balaban J connectivity index is 1.28. The normalized spacial score (nSPS) is 32.2. The van der Waals surface area contributed by atoms with Crippen LogP contribution in [0.25, 0.3) is 0 Å². The van der Waals surface area contributed by atoms with E-state index in [1.54, 1.807) is 11.0 Å². The molecule has 4 fully saturated rings. The summed E-state index contributed by atoms with van der Waals surface area (Å²) in [4.78, 5) is 27.3. The zero-order valence-corrected chi connectivity index (χ0v) is 14.7. The summed E-state index contributed by atoms with van der Waals surface area (Å²) >= 11 is 0. The lowest BCUT2D eigenvalue weighted by atomic mass is 9.79. The molecule has 0 aromatic carbocycles. The summed E-state index contributed by atoms with van der Waals surface area (Å²) in [7, 11) is 0. The molecule has 27 heavy (non-hydrogen) atoms. The Morgan fingerprint density at radius 1 is 1.30 bits per heavy atom. The third-order valence-corrected chi connectivity index (χ3v) is 6.27. The Kier molecular flexibility index (Phi) is 3.63. The smallest absolute Gasteiger partial charge is 0.276 e. The zero-order valence-electron chi connectivity index (χ0n) is 14.7. The summed E-state index contributed by atoms with van der Waals surface area (Å²) in [5, 5.41) is 6.62. The number of likely N-dealkylation sites (tertiary alicyclic amines) is 1. The van der Waals surface area contributed by atoms with Crippen molar-refractivity contribution < 1.29 is 27.6 Å². The maximum atomic E-state index is 13.1. The first-order valence-electron chi connectivity index (χ1n) is 9.39. The largest absolute Gasteiger partial charge is 0.380 e. The van der Waals surface area contributed by atoms with E-state index in [9.17, 15) is 18.4 Å². The van der Waals surface area contributed by atoms with Gasteiger partial charge in [-0.25, -0.2) is 8.78 Å². The molecule has 2 saturated carbocycles. The predicted octanol–water partition coefficient (Wildman–Crippen LogP) is 1.55. The molecule has 0 radical (unpaired) electrons. The van der Waals surface area contributed by atoms with Crippen LogP contribution in [0.3, 0.4) is 0 Å². The lowest BCUT2D eigenvalue weighted by molar-refractivity contribution is -0.138. The number of amides is 2. The number of alkyl halides is 2. The average Bonchev–Trinajstić information content (AvgIpc) is 3.04. The Labute approximate surface area is 154 Å². The SMILES string of the molecule is O=C(c1cc(C2CC2)on1)N1C[C@@H]2COC[C@]2(C(=O)NC2CC(F)(F)C2)C1. The summed E-state index contributed by atoms with van der Waals surface area (Å²) in [6, 6.07) is 1.18. The van der Waals surface area contributed by atoms with Gasteiger partial charge in [-0.1, -0.05) is 5.16 Å². The minimum Gasteiger partial charge on any atom is -0.380 e. The molecular formula is C18H21F2N3O4. The molecule has 0 unspecified atom stereocenters. The number of aromatic nitrogens is 1. The topological polar surface area (TPSA) is 84.7 Å². The molecule has 1 N–H and O–H groups in total. The summed E-state index contributed by atoms with van der Waals surface area (Å²) in [6.07, 6.45) is 1.45. The summed E-state index contributed by atoms with van der Waals surface area (Å²) in [6.45, 7) is 1.17. The number of halogens is 2. The molecule has 2 atom stereocenters. The molecule has 1 aromatic rings. The zero-order chi connectivity index (χ0) is 18.8. The second kappa shape index (κ2) is 5.73. The van der Waals surface area contributed by atoms with Gasteiger partial charge < -0.3 is 19.5 Å². The number of rotatable bonds is 4. The van der Waals surface area contributed by atoms with Crippen LogP contribution in [0, 0.1) is 11.3 Å². The molecule has 2 amide bonds. The first-order chi connectivity index (χ1) is 12.9. The third-order valence-electron chi connectivity index (χ3n) is 6.27. The fraction of sp³-hybridized carbons (Fsp3) is 0.722. The maximum absolute atomic E-state index is 13.1. The van der Waals surface area contributed by atoms with Crippen LogP contribution >= 0.6 is 0 Å². The Hall–Kier alpha value is -2.03. The molecule has 0 bridgehead atoms. The lowest BCUT2D eigenvalue weighted by Gasteiger charge is -2.37. The molecule has 2 saturated heterocycles. The van der Waals surface area contributed by atoms with Crippen molar-refractivity contribution in [2.45, 2.75) is 43.6 Å². The van der Waals surface area contributed by atoms with E-state index >= 15 is 0 Å². The van der Waals surface area contributed by atoms with Crippen molar-refractivity contribution in [3.8, 4) is 0 Å². The third kappa shape index (κ3) is 2.83. The van der Waals surface area contributed by atoms with E-state index in [4.69, 9.17) is 9.26 Å². The van der Waals surface area contributed by atoms with Crippen LogP contribution in [0.4, 0.5) is 8.78 Å². The van der Waals surface area contributed by atoms with Crippen LogP contribution in [0.5, 0.6) is 0 Å². The van der Waals surface area contributed by atoms with E-state index in [1.165, 1.54) is 0 Å². The van der Waals surface area contributed by atoms with Crippen molar-refractivity contribution in [1.29, 1.82) is 0 Å². The van der Waals surface area contributed by atoms with Crippen molar-refractivity contribution in [3.05, 3.63) is 17.5 Å². The van der Waals surface area contributed by atoms with Crippen molar-refractivity contribution in [3.63, 3.8) is 0 Å².